The highest BCUT2D eigenvalue weighted by Crippen LogP contribution is 2.35. The summed E-state index contributed by atoms with van der Waals surface area (Å²) in [6.45, 7) is 6.66. The molecule has 4 heteroatoms. The topological polar surface area (TPSA) is 46.6 Å². The minimum atomic E-state index is -0.251. The summed E-state index contributed by atoms with van der Waals surface area (Å²) in [7, 11) is 0. The number of allylic oxidation sites excluding steroid dienone is 1. The van der Waals surface area contributed by atoms with E-state index in [1.165, 1.54) is 0 Å². The molecule has 0 bridgehead atoms. The number of Topliss-reactive ketones (excluding diaryl/α,β-unsaturated/α-hetero) is 1. The molecule has 3 rings (SSSR count). The van der Waals surface area contributed by atoms with Crippen molar-refractivity contribution in [3.05, 3.63) is 59.3 Å². The fraction of sp³-hybridized carbons (Fsp3) is 0.478. The van der Waals surface area contributed by atoms with Gasteiger partial charge in [-0.2, -0.15) is 0 Å². The van der Waals surface area contributed by atoms with Crippen LogP contribution in [0.1, 0.15) is 56.8 Å². The quantitative estimate of drug-likeness (QED) is 0.548. The number of fused-ring (bicyclic) bond motifs is 1. The third-order valence-corrected chi connectivity index (χ3v) is 5.11. The van der Waals surface area contributed by atoms with Gasteiger partial charge in [-0.1, -0.05) is 43.7 Å². The van der Waals surface area contributed by atoms with Gasteiger partial charge in [-0.05, 0) is 50.8 Å². The first-order valence-electron chi connectivity index (χ1n) is 10.00. The van der Waals surface area contributed by atoms with Crippen LogP contribution in [0.25, 0.3) is 0 Å². The molecule has 27 heavy (non-hydrogen) atoms. The summed E-state index contributed by atoms with van der Waals surface area (Å²) in [5, 5.41) is 0. The standard InChI is InChI=1S/C23H29NO3/c1-4-9-18-14-20-15-19(23(26)27-16(2)3)12-8-13-24(20)21(18)22(25)17-10-6-5-7-11-17/h5-7,10-11,14-16,19,21H,4,8-9,12-13H2,1-3H3. The Hall–Kier alpha value is -2.36. The second-order valence-electron chi connectivity index (χ2n) is 7.62. The van der Waals surface area contributed by atoms with Gasteiger partial charge >= 0.3 is 5.97 Å². The molecule has 0 fully saturated rings. The van der Waals surface area contributed by atoms with E-state index in [1.807, 2.05) is 50.3 Å². The van der Waals surface area contributed by atoms with Crippen molar-refractivity contribution in [1.29, 1.82) is 0 Å². The first kappa shape index (κ1) is 19.4. The lowest BCUT2D eigenvalue weighted by molar-refractivity contribution is -0.150. The van der Waals surface area contributed by atoms with E-state index in [0.29, 0.717) is 0 Å². The number of ether oxygens (including phenoxy) is 1. The van der Waals surface area contributed by atoms with Crippen LogP contribution in [0.5, 0.6) is 0 Å². The lowest BCUT2D eigenvalue weighted by atomic mass is 9.95. The molecule has 2 atom stereocenters. The Bertz CT molecular complexity index is 748. The summed E-state index contributed by atoms with van der Waals surface area (Å²) >= 11 is 0. The molecule has 2 aliphatic rings. The van der Waals surface area contributed by atoms with Gasteiger partial charge in [0.1, 0.15) is 6.04 Å². The minimum Gasteiger partial charge on any atom is -0.463 e. The molecule has 144 valence electrons. The zero-order chi connectivity index (χ0) is 19.4. The van der Waals surface area contributed by atoms with Gasteiger partial charge in [0.15, 0.2) is 5.78 Å². The van der Waals surface area contributed by atoms with Crippen molar-refractivity contribution in [3.63, 3.8) is 0 Å². The molecule has 4 nitrogen and oxygen atoms in total. The van der Waals surface area contributed by atoms with Gasteiger partial charge in [0.05, 0.1) is 12.0 Å². The van der Waals surface area contributed by atoms with Gasteiger partial charge in [-0.3, -0.25) is 9.59 Å². The molecule has 2 heterocycles. The number of benzene rings is 1. The van der Waals surface area contributed by atoms with Crippen molar-refractivity contribution in [2.24, 2.45) is 5.92 Å². The average Bonchev–Trinajstić information content (AvgIpc) is 2.83. The van der Waals surface area contributed by atoms with Crippen LogP contribution in [0.3, 0.4) is 0 Å². The van der Waals surface area contributed by atoms with Gasteiger partial charge in [0.2, 0.25) is 0 Å². The minimum absolute atomic E-state index is 0.113. The molecule has 0 spiro atoms. The van der Waals surface area contributed by atoms with Crippen molar-refractivity contribution in [2.45, 2.75) is 58.6 Å². The van der Waals surface area contributed by atoms with E-state index in [2.05, 4.69) is 17.9 Å². The van der Waals surface area contributed by atoms with Crippen LogP contribution in [0, 0.1) is 5.92 Å². The second-order valence-corrected chi connectivity index (χ2v) is 7.62. The molecule has 2 unspecified atom stereocenters. The van der Waals surface area contributed by atoms with E-state index in [-0.39, 0.29) is 29.8 Å². The summed E-state index contributed by atoms with van der Waals surface area (Å²) in [5.41, 5.74) is 2.89. The van der Waals surface area contributed by atoms with Crippen molar-refractivity contribution < 1.29 is 14.3 Å². The van der Waals surface area contributed by atoms with E-state index in [0.717, 1.165) is 49.1 Å². The predicted molar refractivity (Wildman–Crippen MR) is 106 cm³/mol. The summed E-state index contributed by atoms with van der Waals surface area (Å²) in [4.78, 5) is 27.9. The van der Waals surface area contributed by atoms with Crippen molar-refractivity contribution in [3.8, 4) is 0 Å². The van der Waals surface area contributed by atoms with Crippen molar-refractivity contribution >= 4 is 11.8 Å². The molecule has 0 radical (unpaired) electrons. The summed E-state index contributed by atoms with van der Waals surface area (Å²) in [6, 6.07) is 9.25. The lowest BCUT2D eigenvalue weighted by Crippen LogP contribution is -2.38. The summed E-state index contributed by atoms with van der Waals surface area (Å²) < 4.78 is 5.42. The highest BCUT2D eigenvalue weighted by atomic mass is 16.5. The van der Waals surface area contributed by atoms with E-state index in [4.69, 9.17) is 4.74 Å². The Kier molecular flexibility index (Phi) is 6.15. The van der Waals surface area contributed by atoms with Crippen LogP contribution in [0.2, 0.25) is 0 Å². The van der Waals surface area contributed by atoms with Gasteiger partial charge in [0, 0.05) is 17.8 Å². The Balaban J connectivity index is 1.90. The highest BCUT2D eigenvalue weighted by molar-refractivity contribution is 6.02. The molecule has 0 amide bonds. The second kappa shape index (κ2) is 8.55. The zero-order valence-corrected chi connectivity index (χ0v) is 16.5. The SMILES string of the molecule is CCCC1=CC2=CC(C(=O)OC(C)C)CCCN2C1C(=O)c1ccccc1. The van der Waals surface area contributed by atoms with Crippen molar-refractivity contribution in [1.82, 2.24) is 4.90 Å². The van der Waals surface area contributed by atoms with Gasteiger partial charge in [-0.25, -0.2) is 0 Å². The van der Waals surface area contributed by atoms with E-state index >= 15 is 0 Å². The first-order valence-corrected chi connectivity index (χ1v) is 10.00. The van der Waals surface area contributed by atoms with Crippen LogP contribution in [0.15, 0.2) is 53.8 Å². The normalized spacial score (nSPS) is 22.0. The van der Waals surface area contributed by atoms with Crippen LogP contribution < -0.4 is 0 Å². The molecule has 0 saturated carbocycles. The maximum atomic E-state index is 13.3. The Morgan fingerprint density at radius 3 is 2.63 bits per heavy atom. The fourth-order valence-electron chi connectivity index (χ4n) is 3.95. The Labute approximate surface area is 161 Å². The highest BCUT2D eigenvalue weighted by Gasteiger charge is 2.37. The number of carbonyl (C=O) groups is 2. The maximum Gasteiger partial charge on any atom is 0.313 e. The molecule has 1 aromatic carbocycles. The lowest BCUT2D eigenvalue weighted by Gasteiger charge is -2.28. The number of carbonyl (C=O) groups excluding carboxylic acids is 2. The predicted octanol–water partition coefficient (Wildman–Crippen LogP) is 4.53. The summed E-state index contributed by atoms with van der Waals surface area (Å²) in [6.07, 6.45) is 7.51. The molecule has 0 N–H and O–H groups in total. The van der Waals surface area contributed by atoms with Crippen LogP contribution in [-0.2, 0) is 9.53 Å². The number of hydrogen-bond acceptors (Lipinski definition) is 4. The van der Waals surface area contributed by atoms with Crippen molar-refractivity contribution in [2.75, 3.05) is 6.54 Å². The number of esters is 1. The molecule has 0 aliphatic carbocycles. The molecule has 2 aliphatic heterocycles. The van der Waals surface area contributed by atoms with E-state index in [1.54, 1.807) is 0 Å². The maximum absolute atomic E-state index is 13.3. The molecule has 0 saturated heterocycles. The molecular weight excluding hydrogens is 338 g/mol. The van der Waals surface area contributed by atoms with Gasteiger partial charge in [0.25, 0.3) is 0 Å². The number of hydrogen-bond donors (Lipinski definition) is 0. The van der Waals surface area contributed by atoms with E-state index < -0.39 is 0 Å². The Morgan fingerprint density at radius 1 is 1.22 bits per heavy atom. The van der Waals surface area contributed by atoms with Crippen LogP contribution in [0.4, 0.5) is 0 Å². The Morgan fingerprint density at radius 2 is 1.96 bits per heavy atom. The first-order chi connectivity index (χ1) is 13.0. The van der Waals surface area contributed by atoms with Gasteiger partial charge < -0.3 is 9.64 Å². The molecular formula is C23H29NO3. The number of rotatable bonds is 6. The summed E-state index contributed by atoms with van der Waals surface area (Å²) in [5.74, 6) is -0.262. The smallest absolute Gasteiger partial charge is 0.313 e. The van der Waals surface area contributed by atoms with Crippen LogP contribution in [-0.4, -0.2) is 35.3 Å². The zero-order valence-electron chi connectivity index (χ0n) is 16.5. The van der Waals surface area contributed by atoms with Crippen LogP contribution >= 0.6 is 0 Å². The third-order valence-electron chi connectivity index (χ3n) is 5.11. The molecule has 0 aromatic heterocycles. The third kappa shape index (κ3) is 4.32. The monoisotopic (exact) mass is 367 g/mol. The fourth-order valence-corrected chi connectivity index (χ4v) is 3.95. The largest absolute Gasteiger partial charge is 0.463 e. The number of ketones is 1. The van der Waals surface area contributed by atoms with Gasteiger partial charge in [-0.15, -0.1) is 0 Å². The average molecular weight is 367 g/mol. The van der Waals surface area contributed by atoms with E-state index in [9.17, 15) is 9.59 Å². The molecule has 1 aromatic rings. The number of nitrogens with zero attached hydrogens (tertiary/aromatic N) is 1.